The Hall–Kier alpha value is -2.95. The number of methoxy groups -OCH3 is 1. The second-order valence-electron chi connectivity index (χ2n) is 9.59. The van der Waals surface area contributed by atoms with Crippen LogP contribution in [0.15, 0.2) is 42.5 Å². The topological polar surface area (TPSA) is 114 Å². The number of carbonyl (C=O) groups excluding carboxylic acids is 4. The first-order valence-corrected chi connectivity index (χ1v) is 14.8. The van der Waals surface area contributed by atoms with Crippen LogP contribution in [0.1, 0.15) is 48.5 Å². The molecule has 40 heavy (non-hydrogen) atoms. The Labute approximate surface area is 247 Å². The second kappa shape index (κ2) is 13.1. The number of hydrogen-bond donors (Lipinski definition) is 2. The van der Waals surface area contributed by atoms with E-state index in [1.54, 1.807) is 66.1 Å². The van der Waals surface area contributed by atoms with Crippen LogP contribution in [0.5, 0.6) is 0 Å². The van der Waals surface area contributed by atoms with Crippen molar-refractivity contribution >= 4 is 64.5 Å². The molecule has 2 fully saturated rings. The zero-order valence-electron chi connectivity index (χ0n) is 22.2. The predicted octanol–water partition coefficient (Wildman–Crippen LogP) is 5.29. The van der Waals surface area contributed by atoms with Gasteiger partial charge in [0.25, 0.3) is 5.91 Å². The molecule has 1 aliphatic heterocycles. The van der Waals surface area contributed by atoms with E-state index in [1.807, 2.05) is 0 Å². The van der Waals surface area contributed by atoms with Crippen LogP contribution in [0.2, 0.25) is 10.0 Å². The lowest BCUT2D eigenvalue weighted by atomic mass is 10.0. The summed E-state index contributed by atoms with van der Waals surface area (Å²) in [5, 5.41) is 6.02. The van der Waals surface area contributed by atoms with Gasteiger partial charge >= 0.3 is 12.1 Å². The second-order valence-corrected chi connectivity index (χ2v) is 11.8. The Morgan fingerprint density at radius 1 is 1.07 bits per heavy atom. The summed E-state index contributed by atoms with van der Waals surface area (Å²) < 4.78 is 10.3. The molecule has 2 atom stereocenters. The van der Waals surface area contributed by atoms with E-state index < -0.39 is 40.8 Å². The molecule has 1 spiro atoms. The summed E-state index contributed by atoms with van der Waals surface area (Å²) in [6.45, 7) is 1.94. The molecular formula is C28H31Cl2N3O6S. The summed E-state index contributed by atoms with van der Waals surface area (Å²) in [5.74, 6) is -1.07. The Morgan fingerprint density at radius 3 is 2.33 bits per heavy atom. The third-order valence-electron chi connectivity index (χ3n) is 7.06. The van der Waals surface area contributed by atoms with Crippen LogP contribution >= 0.6 is 35.0 Å². The van der Waals surface area contributed by atoms with Crippen LogP contribution in [0.25, 0.3) is 0 Å². The zero-order chi connectivity index (χ0) is 28.9. The van der Waals surface area contributed by atoms with E-state index in [9.17, 15) is 19.2 Å². The van der Waals surface area contributed by atoms with Gasteiger partial charge in [0.15, 0.2) is 0 Å². The molecule has 12 heteroatoms. The van der Waals surface area contributed by atoms with E-state index in [4.69, 9.17) is 32.7 Å². The quantitative estimate of drug-likeness (QED) is 0.392. The van der Waals surface area contributed by atoms with E-state index >= 15 is 0 Å². The van der Waals surface area contributed by atoms with Crippen LogP contribution in [-0.4, -0.2) is 65.2 Å². The number of hydrogen-bond acceptors (Lipinski definition) is 7. The standard InChI is InChI=1S/C28H31Cl2N3O6S/c1-3-39-27(37)33-22(16-40-28(33)13-4-5-14-28)24(34)32-21(26(36)38-2)15-17-9-11-18(12-10-17)31-25(35)23-19(29)7-6-8-20(23)30/h6-12,21-22H,3-5,13-16H2,1-2H3,(H,31,35)(H,32,34)/t21-,22+/m0/s1. The van der Waals surface area contributed by atoms with E-state index in [2.05, 4.69) is 10.6 Å². The molecule has 1 aliphatic carbocycles. The Kier molecular flexibility index (Phi) is 9.86. The van der Waals surface area contributed by atoms with Gasteiger partial charge in [0.1, 0.15) is 12.1 Å². The highest BCUT2D eigenvalue weighted by molar-refractivity contribution is 8.01. The van der Waals surface area contributed by atoms with Crippen LogP contribution in [-0.2, 0) is 25.5 Å². The summed E-state index contributed by atoms with van der Waals surface area (Å²) in [4.78, 5) is 52.8. The molecule has 1 saturated heterocycles. The fourth-order valence-electron chi connectivity index (χ4n) is 5.13. The van der Waals surface area contributed by atoms with Gasteiger partial charge < -0.3 is 20.1 Å². The van der Waals surface area contributed by atoms with Crippen molar-refractivity contribution in [2.45, 2.75) is 56.0 Å². The molecule has 4 rings (SSSR count). The van der Waals surface area contributed by atoms with E-state index in [-0.39, 0.29) is 28.6 Å². The third-order valence-corrected chi connectivity index (χ3v) is 9.31. The number of thioether (sulfide) groups is 1. The van der Waals surface area contributed by atoms with Gasteiger partial charge in [0.2, 0.25) is 5.91 Å². The summed E-state index contributed by atoms with van der Waals surface area (Å²) >= 11 is 13.9. The molecule has 2 aliphatic rings. The zero-order valence-corrected chi connectivity index (χ0v) is 24.5. The monoisotopic (exact) mass is 607 g/mol. The minimum absolute atomic E-state index is 0.146. The average Bonchev–Trinajstić information content (AvgIpc) is 3.56. The van der Waals surface area contributed by atoms with Crippen molar-refractivity contribution in [1.82, 2.24) is 10.2 Å². The first-order valence-electron chi connectivity index (χ1n) is 13.0. The first-order chi connectivity index (χ1) is 19.2. The number of esters is 1. The molecule has 0 bridgehead atoms. The number of halogens is 2. The van der Waals surface area contributed by atoms with Gasteiger partial charge in [-0.1, -0.05) is 54.2 Å². The summed E-state index contributed by atoms with van der Waals surface area (Å²) in [6, 6.07) is 9.89. The SMILES string of the molecule is CCOC(=O)N1[C@@H](C(=O)N[C@@H](Cc2ccc(NC(=O)c3c(Cl)cccc3Cl)cc2)C(=O)OC)CSC12CCCC2. The normalized spacial score (nSPS) is 18.3. The maximum absolute atomic E-state index is 13.4. The number of ether oxygens (including phenoxy) is 2. The highest BCUT2D eigenvalue weighted by atomic mass is 35.5. The van der Waals surface area contributed by atoms with Crippen molar-refractivity contribution in [3.05, 3.63) is 63.6 Å². The van der Waals surface area contributed by atoms with Crippen LogP contribution in [0, 0.1) is 0 Å². The number of nitrogens with zero attached hydrogens (tertiary/aromatic N) is 1. The Bertz CT molecular complexity index is 1250. The van der Waals surface area contributed by atoms with Gasteiger partial charge in [-0.25, -0.2) is 9.59 Å². The number of amides is 3. The number of carbonyl (C=O) groups is 4. The van der Waals surface area contributed by atoms with Gasteiger partial charge in [-0.2, -0.15) is 0 Å². The number of nitrogens with one attached hydrogen (secondary N) is 2. The Balaban J connectivity index is 1.45. The molecule has 2 N–H and O–H groups in total. The van der Waals surface area contributed by atoms with Gasteiger partial charge in [-0.15, -0.1) is 11.8 Å². The van der Waals surface area contributed by atoms with Gasteiger partial charge in [0.05, 0.1) is 34.2 Å². The van der Waals surface area contributed by atoms with Crippen molar-refractivity contribution < 1.29 is 28.7 Å². The summed E-state index contributed by atoms with van der Waals surface area (Å²) in [5.41, 5.74) is 1.39. The molecule has 2 aromatic rings. The first kappa shape index (κ1) is 30.0. The molecule has 0 unspecified atom stereocenters. The number of rotatable bonds is 8. The number of benzene rings is 2. The molecule has 214 valence electrons. The minimum Gasteiger partial charge on any atom is -0.467 e. The summed E-state index contributed by atoms with van der Waals surface area (Å²) in [7, 11) is 1.25. The van der Waals surface area contributed by atoms with Crippen molar-refractivity contribution in [1.29, 1.82) is 0 Å². The largest absolute Gasteiger partial charge is 0.467 e. The third kappa shape index (κ3) is 6.50. The van der Waals surface area contributed by atoms with Gasteiger partial charge in [-0.05, 0) is 49.6 Å². The molecule has 0 radical (unpaired) electrons. The number of anilines is 1. The van der Waals surface area contributed by atoms with Crippen molar-refractivity contribution in [2.75, 3.05) is 24.8 Å². The molecular weight excluding hydrogens is 577 g/mol. The van der Waals surface area contributed by atoms with Crippen LogP contribution < -0.4 is 10.6 Å². The maximum Gasteiger partial charge on any atom is 0.411 e. The lowest BCUT2D eigenvalue weighted by Crippen LogP contribution is -2.56. The van der Waals surface area contributed by atoms with Crippen molar-refractivity contribution in [2.24, 2.45) is 0 Å². The molecule has 2 aromatic carbocycles. The van der Waals surface area contributed by atoms with Crippen molar-refractivity contribution in [3.63, 3.8) is 0 Å². The fourth-order valence-corrected chi connectivity index (χ4v) is 7.38. The van der Waals surface area contributed by atoms with E-state index in [1.165, 1.54) is 7.11 Å². The molecule has 1 saturated carbocycles. The lowest BCUT2D eigenvalue weighted by molar-refractivity contribution is -0.145. The lowest BCUT2D eigenvalue weighted by Gasteiger charge is -2.36. The van der Waals surface area contributed by atoms with Crippen LogP contribution in [0.4, 0.5) is 10.5 Å². The molecule has 1 heterocycles. The average molecular weight is 609 g/mol. The Morgan fingerprint density at radius 2 is 1.73 bits per heavy atom. The molecule has 0 aromatic heterocycles. The fraction of sp³-hybridized carbons (Fsp3) is 0.429. The maximum atomic E-state index is 13.4. The minimum atomic E-state index is -0.978. The van der Waals surface area contributed by atoms with Gasteiger partial charge in [0, 0.05) is 17.9 Å². The predicted molar refractivity (Wildman–Crippen MR) is 155 cm³/mol. The van der Waals surface area contributed by atoms with E-state index in [0.717, 1.165) is 31.2 Å². The molecule has 3 amide bonds. The smallest absolute Gasteiger partial charge is 0.411 e. The van der Waals surface area contributed by atoms with E-state index in [0.29, 0.717) is 11.4 Å². The highest BCUT2D eigenvalue weighted by Gasteiger charge is 2.54. The molecule has 9 nitrogen and oxygen atoms in total. The van der Waals surface area contributed by atoms with Crippen LogP contribution in [0.3, 0.4) is 0 Å². The highest BCUT2D eigenvalue weighted by Crippen LogP contribution is 2.50. The summed E-state index contributed by atoms with van der Waals surface area (Å²) in [6.07, 6.45) is 3.18. The van der Waals surface area contributed by atoms with Gasteiger partial charge in [-0.3, -0.25) is 14.5 Å². The van der Waals surface area contributed by atoms with Crippen molar-refractivity contribution in [3.8, 4) is 0 Å².